The molecule has 1 rings (SSSR count). The summed E-state index contributed by atoms with van der Waals surface area (Å²) in [5.41, 5.74) is 0.183. The molecule has 0 atom stereocenters. The molecular formula is C8H6BrClO2S. The van der Waals surface area contributed by atoms with Gasteiger partial charge in [0.25, 0.3) is 0 Å². The quantitative estimate of drug-likeness (QED) is 0.843. The Morgan fingerprint density at radius 3 is 2.69 bits per heavy atom. The summed E-state index contributed by atoms with van der Waals surface area (Å²) in [4.78, 5) is 11.5. The first-order valence-corrected chi connectivity index (χ1v) is 5.72. The van der Waals surface area contributed by atoms with Gasteiger partial charge in [-0.3, -0.25) is 0 Å². The van der Waals surface area contributed by atoms with E-state index in [1.807, 2.05) is 6.26 Å². The van der Waals surface area contributed by atoms with E-state index >= 15 is 0 Å². The van der Waals surface area contributed by atoms with Crippen LogP contribution in [0.4, 0.5) is 0 Å². The van der Waals surface area contributed by atoms with E-state index in [1.54, 1.807) is 6.07 Å². The molecule has 0 saturated carbocycles. The van der Waals surface area contributed by atoms with Crippen LogP contribution in [0.1, 0.15) is 10.4 Å². The first-order chi connectivity index (χ1) is 6.06. The summed E-state index contributed by atoms with van der Waals surface area (Å²) in [6, 6.07) is 3.15. The van der Waals surface area contributed by atoms with Crippen molar-refractivity contribution in [1.29, 1.82) is 0 Å². The number of hydrogen-bond acceptors (Lipinski definition) is 2. The number of benzene rings is 1. The molecule has 0 unspecified atom stereocenters. The molecule has 1 N–H and O–H groups in total. The summed E-state index contributed by atoms with van der Waals surface area (Å²) >= 11 is 10.5. The van der Waals surface area contributed by atoms with Gasteiger partial charge in [0.2, 0.25) is 0 Å². The fourth-order valence-electron chi connectivity index (χ4n) is 0.849. The molecule has 1 aromatic rings. The van der Waals surface area contributed by atoms with Crippen LogP contribution in [0.25, 0.3) is 0 Å². The van der Waals surface area contributed by atoms with Crippen LogP contribution in [0.5, 0.6) is 0 Å². The highest BCUT2D eigenvalue weighted by atomic mass is 79.9. The van der Waals surface area contributed by atoms with Crippen molar-refractivity contribution in [2.45, 2.75) is 4.90 Å². The van der Waals surface area contributed by atoms with E-state index in [4.69, 9.17) is 16.7 Å². The zero-order chi connectivity index (χ0) is 10.0. The van der Waals surface area contributed by atoms with E-state index in [2.05, 4.69) is 15.9 Å². The van der Waals surface area contributed by atoms with Crippen molar-refractivity contribution in [3.05, 3.63) is 27.2 Å². The summed E-state index contributed by atoms with van der Waals surface area (Å²) in [6.07, 6.45) is 1.88. The minimum atomic E-state index is -0.985. The molecule has 0 radical (unpaired) electrons. The second-order valence-corrected chi connectivity index (χ2v) is 4.38. The van der Waals surface area contributed by atoms with Crippen LogP contribution in [-0.4, -0.2) is 17.3 Å². The van der Waals surface area contributed by atoms with Crippen molar-refractivity contribution in [2.75, 3.05) is 6.26 Å². The van der Waals surface area contributed by atoms with Gasteiger partial charge >= 0.3 is 5.97 Å². The maximum atomic E-state index is 10.7. The molecule has 0 spiro atoms. The van der Waals surface area contributed by atoms with Crippen LogP contribution in [0.15, 0.2) is 21.5 Å². The first-order valence-electron chi connectivity index (χ1n) is 3.32. The van der Waals surface area contributed by atoms with E-state index in [0.29, 0.717) is 9.50 Å². The summed E-state index contributed by atoms with van der Waals surface area (Å²) in [6.45, 7) is 0. The van der Waals surface area contributed by atoms with Crippen molar-refractivity contribution in [3.8, 4) is 0 Å². The Morgan fingerprint density at radius 1 is 1.62 bits per heavy atom. The zero-order valence-corrected chi connectivity index (χ0v) is 9.83. The Hall–Kier alpha value is -0.190. The van der Waals surface area contributed by atoms with Crippen molar-refractivity contribution < 1.29 is 9.90 Å². The van der Waals surface area contributed by atoms with Gasteiger partial charge in [0, 0.05) is 9.37 Å². The molecule has 5 heteroatoms. The van der Waals surface area contributed by atoms with Gasteiger partial charge in [-0.25, -0.2) is 4.79 Å². The van der Waals surface area contributed by atoms with Crippen LogP contribution in [0.2, 0.25) is 5.02 Å². The molecule has 0 heterocycles. The number of aromatic carboxylic acids is 1. The molecular weight excluding hydrogens is 276 g/mol. The zero-order valence-electron chi connectivity index (χ0n) is 6.67. The molecule has 0 bridgehead atoms. The topological polar surface area (TPSA) is 37.3 Å². The Balaban J connectivity index is 3.28. The van der Waals surface area contributed by atoms with Gasteiger partial charge in [0.15, 0.2) is 0 Å². The molecule has 0 aliphatic heterocycles. The van der Waals surface area contributed by atoms with Crippen LogP contribution in [-0.2, 0) is 0 Å². The number of rotatable bonds is 2. The normalized spacial score (nSPS) is 10.1. The minimum Gasteiger partial charge on any atom is -0.478 e. The van der Waals surface area contributed by atoms with Gasteiger partial charge < -0.3 is 5.11 Å². The fraction of sp³-hybridized carbons (Fsp3) is 0.125. The Labute approximate surface area is 93.4 Å². The Bertz CT molecular complexity index is 354. The van der Waals surface area contributed by atoms with E-state index < -0.39 is 5.97 Å². The van der Waals surface area contributed by atoms with Gasteiger partial charge in [0.1, 0.15) is 0 Å². The molecule has 70 valence electrons. The average Bonchev–Trinajstić information content (AvgIpc) is 2.07. The Morgan fingerprint density at radius 2 is 2.23 bits per heavy atom. The summed E-state index contributed by atoms with van der Waals surface area (Å²) in [5, 5.41) is 9.22. The molecule has 0 aliphatic rings. The Kier molecular flexibility index (Phi) is 3.64. The maximum Gasteiger partial charge on any atom is 0.336 e. The SMILES string of the molecule is CSc1cc(Br)c(C(=O)O)cc1Cl. The van der Waals surface area contributed by atoms with Crippen LogP contribution in [0, 0.1) is 0 Å². The highest BCUT2D eigenvalue weighted by molar-refractivity contribution is 9.10. The maximum absolute atomic E-state index is 10.7. The fourth-order valence-corrected chi connectivity index (χ4v) is 2.40. The van der Waals surface area contributed by atoms with Crippen molar-refractivity contribution >= 4 is 45.3 Å². The van der Waals surface area contributed by atoms with Gasteiger partial charge in [-0.05, 0) is 34.3 Å². The van der Waals surface area contributed by atoms with Gasteiger partial charge in [-0.1, -0.05) is 11.6 Å². The van der Waals surface area contributed by atoms with Gasteiger partial charge in [-0.15, -0.1) is 11.8 Å². The molecule has 13 heavy (non-hydrogen) atoms. The van der Waals surface area contributed by atoms with Crippen molar-refractivity contribution in [1.82, 2.24) is 0 Å². The van der Waals surface area contributed by atoms with E-state index in [-0.39, 0.29) is 5.56 Å². The number of halogens is 2. The lowest BCUT2D eigenvalue weighted by Gasteiger charge is -2.04. The third-order valence-corrected chi connectivity index (χ3v) is 3.33. The number of carboxylic acid groups (broad SMARTS) is 1. The standard InChI is InChI=1S/C8H6BrClO2S/c1-13-7-3-5(9)4(8(11)12)2-6(7)10/h2-3H,1H3,(H,11,12). The van der Waals surface area contributed by atoms with E-state index in [1.165, 1.54) is 17.8 Å². The predicted octanol–water partition coefficient (Wildman–Crippen LogP) is 3.52. The number of carboxylic acids is 1. The lowest BCUT2D eigenvalue weighted by atomic mass is 10.2. The van der Waals surface area contributed by atoms with Gasteiger partial charge in [-0.2, -0.15) is 0 Å². The highest BCUT2D eigenvalue weighted by Gasteiger charge is 2.11. The molecule has 2 nitrogen and oxygen atoms in total. The largest absolute Gasteiger partial charge is 0.478 e. The highest BCUT2D eigenvalue weighted by Crippen LogP contribution is 2.31. The average molecular weight is 282 g/mol. The molecule has 0 saturated heterocycles. The third-order valence-electron chi connectivity index (χ3n) is 1.47. The van der Waals surface area contributed by atoms with E-state index in [9.17, 15) is 4.79 Å². The monoisotopic (exact) mass is 280 g/mol. The molecule has 0 aromatic heterocycles. The molecule has 1 aromatic carbocycles. The van der Waals surface area contributed by atoms with Gasteiger partial charge in [0.05, 0.1) is 10.6 Å². The second kappa shape index (κ2) is 4.35. The smallest absolute Gasteiger partial charge is 0.336 e. The first kappa shape index (κ1) is 10.9. The predicted molar refractivity (Wildman–Crippen MR) is 57.9 cm³/mol. The summed E-state index contributed by atoms with van der Waals surface area (Å²) < 4.78 is 0.550. The van der Waals surface area contributed by atoms with Crippen LogP contribution < -0.4 is 0 Å². The summed E-state index contributed by atoms with van der Waals surface area (Å²) in [5.74, 6) is -0.985. The number of carbonyl (C=O) groups is 1. The van der Waals surface area contributed by atoms with Crippen LogP contribution in [0.3, 0.4) is 0 Å². The molecule has 0 fully saturated rings. The number of thioether (sulfide) groups is 1. The summed E-state index contributed by atoms with van der Waals surface area (Å²) in [7, 11) is 0. The number of hydrogen-bond donors (Lipinski definition) is 1. The van der Waals surface area contributed by atoms with Crippen LogP contribution >= 0.6 is 39.3 Å². The lowest BCUT2D eigenvalue weighted by Crippen LogP contribution is -1.97. The molecule has 0 aliphatic carbocycles. The lowest BCUT2D eigenvalue weighted by molar-refractivity contribution is 0.0696. The van der Waals surface area contributed by atoms with Crippen molar-refractivity contribution in [2.24, 2.45) is 0 Å². The van der Waals surface area contributed by atoms with E-state index in [0.717, 1.165) is 4.90 Å². The minimum absolute atomic E-state index is 0.183. The second-order valence-electron chi connectivity index (χ2n) is 2.27. The van der Waals surface area contributed by atoms with Crippen molar-refractivity contribution in [3.63, 3.8) is 0 Å². The molecule has 0 amide bonds. The third kappa shape index (κ3) is 2.39.